The van der Waals surface area contributed by atoms with Crippen molar-refractivity contribution in [2.75, 3.05) is 13.1 Å². The molecule has 1 saturated heterocycles. The van der Waals surface area contributed by atoms with Crippen molar-refractivity contribution in [2.24, 2.45) is 0 Å². The third-order valence-electron chi connectivity index (χ3n) is 3.21. The number of hydrogen-bond donors (Lipinski definition) is 0. The van der Waals surface area contributed by atoms with Crippen molar-refractivity contribution in [2.45, 2.75) is 32.3 Å². The zero-order valence-corrected chi connectivity index (χ0v) is 13.2. The summed E-state index contributed by atoms with van der Waals surface area (Å²) in [5.74, 6) is 0.574. The number of likely N-dealkylation sites (tertiary alicyclic amines) is 1. The molecule has 0 aromatic heterocycles. The first-order valence-electron chi connectivity index (χ1n) is 6.48. The van der Waals surface area contributed by atoms with Crippen LogP contribution in [-0.4, -0.2) is 30.0 Å². The lowest BCUT2D eigenvalue weighted by Gasteiger charge is -2.29. The first-order chi connectivity index (χ1) is 9.08. The molecule has 1 aliphatic heterocycles. The van der Waals surface area contributed by atoms with Gasteiger partial charge in [0.2, 0.25) is 0 Å². The summed E-state index contributed by atoms with van der Waals surface area (Å²) < 4.78 is 6.57. The summed E-state index contributed by atoms with van der Waals surface area (Å²) in [4.78, 5) is 14.1. The minimum Gasteiger partial charge on any atom is -0.479 e. The fourth-order valence-electron chi connectivity index (χ4n) is 2.18. The van der Waals surface area contributed by atoms with E-state index in [0.717, 1.165) is 30.4 Å². The Kier molecular flexibility index (Phi) is 5.11. The molecule has 1 aromatic carbocycles. The van der Waals surface area contributed by atoms with Crippen LogP contribution in [0.4, 0.5) is 0 Å². The van der Waals surface area contributed by atoms with Gasteiger partial charge in [0, 0.05) is 17.6 Å². The molecule has 1 aromatic rings. The van der Waals surface area contributed by atoms with Crippen LogP contribution >= 0.6 is 27.5 Å². The lowest BCUT2D eigenvalue weighted by Crippen LogP contribution is -2.43. The highest BCUT2D eigenvalue weighted by Crippen LogP contribution is 2.29. The molecule has 2 rings (SSSR count). The summed E-state index contributed by atoms with van der Waals surface area (Å²) in [5, 5.41) is 0.515. The molecule has 1 fully saturated rings. The number of carbonyl (C=O) groups is 1. The van der Waals surface area contributed by atoms with Crippen LogP contribution in [0.25, 0.3) is 0 Å². The van der Waals surface area contributed by atoms with E-state index >= 15 is 0 Å². The molecule has 1 heterocycles. The van der Waals surface area contributed by atoms with Crippen molar-refractivity contribution in [1.82, 2.24) is 4.90 Å². The minimum absolute atomic E-state index is 0.0377. The summed E-state index contributed by atoms with van der Waals surface area (Å²) in [6, 6.07) is 5.37. The Bertz CT molecular complexity index is 461. The molecule has 1 unspecified atom stereocenters. The molecule has 0 bridgehead atoms. The van der Waals surface area contributed by atoms with Gasteiger partial charge in [-0.05, 0) is 44.4 Å². The molecule has 3 nitrogen and oxygen atoms in total. The predicted octanol–water partition coefficient (Wildman–Crippen LogP) is 3.88. The Balaban J connectivity index is 2.01. The Morgan fingerprint density at radius 3 is 2.74 bits per heavy atom. The zero-order chi connectivity index (χ0) is 13.8. The van der Waals surface area contributed by atoms with Crippen molar-refractivity contribution in [3.05, 3.63) is 27.7 Å². The minimum atomic E-state index is -0.509. The van der Waals surface area contributed by atoms with Gasteiger partial charge in [-0.15, -0.1) is 0 Å². The number of carbonyl (C=O) groups excluding carboxylic acids is 1. The monoisotopic (exact) mass is 345 g/mol. The van der Waals surface area contributed by atoms with Crippen LogP contribution < -0.4 is 4.74 Å². The molecular weight excluding hydrogens is 330 g/mol. The molecule has 1 amide bonds. The van der Waals surface area contributed by atoms with E-state index in [2.05, 4.69) is 15.9 Å². The van der Waals surface area contributed by atoms with Gasteiger partial charge in [-0.1, -0.05) is 27.5 Å². The van der Waals surface area contributed by atoms with Gasteiger partial charge in [0.25, 0.3) is 5.91 Å². The number of hydrogen-bond acceptors (Lipinski definition) is 2. The van der Waals surface area contributed by atoms with E-state index in [-0.39, 0.29) is 5.91 Å². The molecule has 1 aliphatic rings. The summed E-state index contributed by atoms with van der Waals surface area (Å²) in [6.07, 6.45) is 2.85. The second-order valence-corrected chi connectivity index (χ2v) is 6.04. The van der Waals surface area contributed by atoms with E-state index in [4.69, 9.17) is 16.3 Å². The average Bonchev–Trinajstić information content (AvgIpc) is 2.43. The SMILES string of the molecule is CC(Oc1cc(Br)ccc1Cl)C(=O)N1CCCCC1. The standard InChI is InChI=1S/C14H17BrClNO2/c1-10(14(18)17-7-3-2-4-8-17)19-13-9-11(15)5-6-12(13)16/h5-6,9-10H,2-4,7-8H2,1H3. The molecule has 0 N–H and O–H groups in total. The van der Waals surface area contributed by atoms with Crippen LogP contribution in [0.15, 0.2) is 22.7 Å². The number of halogens is 2. The summed E-state index contributed by atoms with van der Waals surface area (Å²) in [5.41, 5.74) is 0. The van der Waals surface area contributed by atoms with Gasteiger partial charge in [0.1, 0.15) is 5.75 Å². The number of amides is 1. The highest BCUT2D eigenvalue weighted by molar-refractivity contribution is 9.10. The van der Waals surface area contributed by atoms with E-state index in [1.54, 1.807) is 19.1 Å². The highest BCUT2D eigenvalue weighted by Gasteiger charge is 2.24. The maximum Gasteiger partial charge on any atom is 0.263 e. The molecule has 0 aliphatic carbocycles. The number of rotatable bonds is 3. The Morgan fingerprint density at radius 1 is 1.37 bits per heavy atom. The van der Waals surface area contributed by atoms with Crippen molar-refractivity contribution in [3.63, 3.8) is 0 Å². The van der Waals surface area contributed by atoms with Crippen molar-refractivity contribution >= 4 is 33.4 Å². The van der Waals surface area contributed by atoms with E-state index in [1.807, 2.05) is 11.0 Å². The Labute approximate surface area is 127 Å². The van der Waals surface area contributed by atoms with Gasteiger partial charge >= 0.3 is 0 Å². The molecule has 1 atom stereocenters. The smallest absolute Gasteiger partial charge is 0.263 e. The Hall–Kier alpha value is -0.740. The molecule has 19 heavy (non-hydrogen) atoms. The second-order valence-electron chi connectivity index (χ2n) is 4.72. The van der Waals surface area contributed by atoms with Gasteiger partial charge in [0.15, 0.2) is 6.10 Å². The quantitative estimate of drug-likeness (QED) is 0.831. The molecule has 0 spiro atoms. The number of nitrogens with zero attached hydrogens (tertiary/aromatic N) is 1. The van der Waals surface area contributed by atoms with Crippen molar-refractivity contribution in [3.8, 4) is 5.75 Å². The third-order valence-corrected chi connectivity index (χ3v) is 4.02. The number of piperidine rings is 1. The summed E-state index contributed by atoms with van der Waals surface area (Å²) in [6.45, 7) is 3.44. The van der Waals surface area contributed by atoms with Crippen LogP contribution in [0.2, 0.25) is 5.02 Å². The molecule has 104 valence electrons. The van der Waals surface area contributed by atoms with E-state index in [0.29, 0.717) is 10.8 Å². The molecule has 5 heteroatoms. The first-order valence-corrected chi connectivity index (χ1v) is 7.65. The van der Waals surface area contributed by atoms with Gasteiger partial charge < -0.3 is 9.64 Å². The maximum atomic E-state index is 12.2. The van der Waals surface area contributed by atoms with Crippen molar-refractivity contribution < 1.29 is 9.53 Å². The zero-order valence-electron chi connectivity index (χ0n) is 10.9. The third kappa shape index (κ3) is 3.86. The number of ether oxygens (including phenoxy) is 1. The van der Waals surface area contributed by atoms with Crippen LogP contribution in [0.5, 0.6) is 5.75 Å². The van der Waals surface area contributed by atoms with E-state index in [1.165, 1.54) is 6.42 Å². The van der Waals surface area contributed by atoms with Crippen LogP contribution in [0.3, 0.4) is 0 Å². The maximum absolute atomic E-state index is 12.2. The van der Waals surface area contributed by atoms with Gasteiger partial charge in [-0.25, -0.2) is 0 Å². The lowest BCUT2D eigenvalue weighted by molar-refractivity contribution is -0.138. The summed E-state index contributed by atoms with van der Waals surface area (Å²) >= 11 is 9.43. The van der Waals surface area contributed by atoms with Gasteiger partial charge in [-0.2, -0.15) is 0 Å². The van der Waals surface area contributed by atoms with E-state index < -0.39 is 6.10 Å². The largest absolute Gasteiger partial charge is 0.479 e. The normalized spacial score (nSPS) is 17.1. The topological polar surface area (TPSA) is 29.5 Å². The van der Waals surface area contributed by atoms with Crippen LogP contribution in [0, 0.1) is 0 Å². The fraction of sp³-hybridized carbons (Fsp3) is 0.500. The average molecular weight is 347 g/mol. The Morgan fingerprint density at radius 2 is 2.05 bits per heavy atom. The first kappa shape index (κ1) is 14.7. The molecular formula is C14H17BrClNO2. The molecule has 0 radical (unpaired) electrons. The predicted molar refractivity (Wildman–Crippen MR) is 79.7 cm³/mol. The van der Waals surface area contributed by atoms with Gasteiger partial charge in [0.05, 0.1) is 5.02 Å². The fourth-order valence-corrected chi connectivity index (χ4v) is 2.68. The summed E-state index contributed by atoms with van der Waals surface area (Å²) in [7, 11) is 0. The highest BCUT2D eigenvalue weighted by atomic mass is 79.9. The van der Waals surface area contributed by atoms with Crippen LogP contribution in [-0.2, 0) is 4.79 Å². The van der Waals surface area contributed by atoms with Gasteiger partial charge in [-0.3, -0.25) is 4.79 Å². The lowest BCUT2D eigenvalue weighted by atomic mass is 10.1. The van der Waals surface area contributed by atoms with Crippen LogP contribution in [0.1, 0.15) is 26.2 Å². The molecule has 0 saturated carbocycles. The van der Waals surface area contributed by atoms with E-state index in [9.17, 15) is 4.79 Å². The second kappa shape index (κ2) is 6.62. The number of benzene rings is 1. The van der Waals surface area contributed by atoms with Crippen molar-refractivity contribution in [1.29, 1.82) is 0 Å².